The molecule has 0 spiro atoms. The zero-order valence-electron chi connectivity index (χ0n) is 7.79. The molecule has 70 valence electrons. The van der Waals surface area contributed by atoms with Gasteiger partial charge in [-0.25, -0.2) is 0 Å². The fraction of sp³-hybridized carbons (Fsp3) is 0.167. The molecule has 14 heavy (non-hydrogen) atoms. The van der Waals surface area contributed by atoms with Gasteiger partial charge in [0.2, 0.25) is 0 Å². The molecule has 0 saturated carbocycles. The fourth-order valence-electron chi connectivity index (χ4n) is 2.02. The quantitative estimate of drug-likeness (QED) is 0.687. The summed E-state index contributed by atoms with van der Waals surface area (Å²) in [7, 11) is 0. The Bertz CT molecular complexity index is 607. The normalized spacial score (nSPS) is 15.3. The number of nitrogens with two attached hydrogens (primary N) is 1. The van der Waals surface area contributed by atoms with E-state index in [9.17, 15) is 0 Å². The topological polar surface area (TPSA) is 26.0 Å². The van der Waals surface area contributed by atoms with Crippen molar-refractivity contribution in [1.29, 1.82) is 0 Å². The van der Waals surface area contributed by atoms with Gasteiger partial charge in [0.05, 0.1) is 0 Å². The van der Waals surface area contributed by atoms with E-state index in [1.54, 1.807) is 0 Å². The van der Waals surface area contributed by atoms with Crippen LogP contribution in [0.15, 0.2) is 24.3 Å². The van der Waals surface area contributed by atoms with Gasteiger partial charge in [-0.05, 0) is 18.9 Å². The Balaban J connectivity index is 2.66. The maximum Gasteiger partial charge on any atom is 0.0355 e. The molecule has 1 aromatic carbocycles. The SMILES string of the molecule is NC1=c2c(sc3ccccc23)=CCC1. The van der Waals surface area contributed by atoms with Crippen molar-refractivity contribution in [3.63, 3.8) is 0 Å². The van der Waals surface area contributed by atoms with Crippen molar-refractivity contribution in [3.8, 4) is 0 Å². The number of thiophene rings is 1. The molecule has 0 fully saturated rings. The average molecular weight is 201 g/mol. The van der Waals surface area contributed by atoms with Gasteiger partial charge in [0, 0.05) is 25.5 Å². The lowest BCUT2D eigenvalue weighted by Crippen LogP contribution is -2.28. The Hall–Kier alpha value is -1.28. The van der Waals surface area contributed by atoms with Crippen LogP contribution in [0.2, 0.25) is 0 Å². The highest BCUT2D eigenvalue weighted by Gasteiger charge is 2.06. The summed E-state index contributed by atoms with van der Waals surface area (Å²) in [5.41, 5.74) is 7.12. The summed E-state index contributed by atoms with van der Waals surface area (Å²) in [6.07, 6.45) is 4.40. The van der Waals surface area contributed by atoms with Gasteiger partial charge in [-0.3, -0.25) is 0 Å². The second-order valence-electron chi connectivity index (χ2n) is 3.61. The standard InChI is InChI=1S/C12H11NS/c13-9-5-3-7-11-12(9)8-4-1-2-6-10(8)14-11/h1-2,4,6-7H,3,5,13H2. The van der Waals surface area contributed by atoms with Crippen LogP contribution in [-0.2, 0) is 0 Å². The van der Waals surface area contributed by atoms with Gasteiger partial charge in [0.15, 0.2) is 0 Å². The molecule has 0 unspecified atom stereocenters. The third-order valence-corrected chi connectivity index (χ3v) is 3.85. The highest BCUT2D eigenvalue weighted by molar-refractivity contribution is 7.17. The zero-order valence-corrected chi connectivity index (χ0v) is 8.60. The van der Waals surface area contributed by atoms with Crippen LogP contribution in [0.5, 0.6) is 0 Å². The lowest BCUT2D eigenvalue weighted by molar-refractivity contribution is 1.06. The molecule has 2 heteroatoms. The Morgan fingerprint density at radius 2 is 2.07 bits per heavy atom. The molecule has 0 atom stereocenters. The van der Waals surface area contributed by atoms with E-state index in [1.165, 1.54) is 19.8 Å². The van der Waals surface area contributed by atoms with Crippen molar-refractivity contribution in [2.75, 3.05) is 0 Å². The van der Waals surface area contributed by atoms with Crippen LogP contribution in [0, 0.1) is 0 Å². The van der Waals surface area contributed by atoms with Crippen LogP contribution < -0.4 is 15.5 Å². The molecule has 0 radical (unpaired) electrons. The van der Waals surface area contributed by atoms with E-state index in [2.05, 4.69) is 30.3 Å². The van der Waals surface area contributed by atoms with Gasteiger partial charge in [-0.15, -0.1) is 11.3 Å². The van der Waals surface area contributed by atoms with E-state index in [0.29, 0.717) is 0 Å². The van der Waals surface area contributed by atoms with Crippen LogP contribution in [0.4, 0.5) is 0 Å². The van der Waals surface area contributed by atoms with Crippen LogP contribution in [-0.4, -0.2) is 0 Å². The molecule has 2 aromatic rings. The minimum atomic E-state index is 1.01. The number of hydrogen-bond acceptors (Lipinski definition) is 2. The van der Waals surface area contributed by atoms with Gasteiger partial charge in [-0.1, -0.05) is 24.3 Å². The lowest BCUT2D eigenvalue weighted by atomic mass is 10.1. The summed E-state index contributed by atoms with van der Waals surface area (Å²) in [6, 6.07) is 8.49. The first kappa shape index (κ1) is 8.06. The monoisotopic (exact) mass is 201 g/mol. The summed E-state index contributed by atoms with van der Waals surface area (Å²) in [4.78, 5) is 0. The largest absolute Gasteiger partial charge is 0.401 e. The van der Waals surface area contributed by atoms with Gasteiger partial charge in [0.1, 0.15) is 0 Å². The molecular weight excluding hydrogens is 190 g/mol. The predicted octanol–water partition coefficient (Wildman–Crippen LogP) is 1.54. The van der Waals surface area contributed by atoms with E-state index in [4.69, 9.17) is 5.73 Å². The summed E-state index contributed by atoms with van der Waals surface area (Å²) >= 11 is 1.85. The predicted molar refractivity (Wildman–Crippen MR) is 62.4 cm³/mol. The number of hydrogen-bond donors (Lipinski definition) is 1. The molecule has 1 aliphatic carbocycles. The fourth-order valence-corrected chi connectivity index (χ4v) is 3.23. The molecule has 1 aromatic heterocycles. The van der Waals surface area contributed by atoms with E-state index in [0.717, 1.165) is 18.5 Å². The minimum absolute atomic E-state index is 1.01. The van der Waals surface area contributed by atoms with Crippen LogP contribution in [0.1, 0.15) is 12.8 Å². The second-order valence-corrected chi connectivity index (χ2v) is 4.69. The Kier molecular flexibility index (Phi) is 1.64. The molecule has 0 amide bonds. The lowest BCUT2D eigenvalue weighted by Gasteiger charge is -2.01. The van der Waals surface area contributed by atoms with Crippen molar-refractivity contribution in [3.05, 3.63) is 34.0 Å². The van der Waals surface area contributed by atoms with Gasteiger partial charge < -0.3 is 5.73 Å². The van der Waals surface area contributed by atoms with Crippen molar-refractivity contribution in [1.82, 2.24) is 0 Å². The van der Waals surface area contributed by atoms with E-state index >= 15 is 0 Å². The summed E-state index contributed by atoms with van der Waals surface area (Å²) in [5, 5.41) is 2.61. The van der Waals surface area contributed by atoms with Crippen LogP contribution in [0.3, 0.4) is 0 Å². The number of fused-ring (bicyclic) bond motifs is 3. The summed E-state index contributed by atoms with van der Waals surface area (Å²) < 4.78 is 2.70. The van der Waals surface area contributed by atoms with Crippen LogP contribution >= 0.6 is 11.3 Å². The van der Waals surface area contributed by atoms with Crippen LogP contribution in [0.25, 0.3) is 21.9 Å². The maximum atomic E-state index is 6.06. The summed E-state index contributed by atoms with van der Waals surface area (Å²) in [6.45, 7) is 0. The van der Waals surface area contributed by atoms with E-state index < -0.39 is 0 Å². The minimum Gasteiger partial charge on any atom is -0.401 e. The first-order chi connectivity index (χ1) is 6.86. The van der Waals surface area contributed by atoms with Gasteiger partial charge >= 0.3 is 0 Å². The Labute approximate surface area is 86.2 Å². The molecule has 2 N–H and O–H groups in total. The second kappa shape index (κ2) is 2.85. The van der Waals surface area contributed by atoms with E-state index in [1.807, 2.05) is 11.3 Å². The summed E-state index contributed by atoms with van der Waals surface area (Å²) in [5.74, 6) is 0. The van der Waals surface area contributed by atoms with Crippen molar-refractivity contribution in [2.24, 2.45) is 5.73 Å². The highest BCUT2D eigenvalue weighted by Crippen LogP contribution is 2.15. The van der Waals surface area contributed by atoms with Gasteiger partial charge in [0.25, 0.3) is 0 Å². The third kappa shape index (κ3) is 1.01. The first-order valence-electron chi connectivity index (χ1n) is 4.82. The Morgan fingerprint density at radius 1 is 1.21 bits per heavy atom. The average Bonchev–Trinajstić information content (AvgIpc) is 2.57. The highest BCUT2D eigenvalue weighted by atomic mass is 32.1. The first-order valence-corrected chi connectivity index (χ1v) is 5.64. The molecular formula is C12H11NS. The smallest absolute Gasteiger partial charge is 0.0355 e. The number of benzene rings is 1. The number of rotatable bonds is 0. The maximum absolute atomic E-state index is 6.06. The van der Waals surface area contributed by atoms with Crippen molar-refractivity contribution < 1.29 is 0 Å². The molecule has 1 heterocycles. The van der Waals surface area contributed by atoms with Gasteiger partial charge in [-0.2, -0.15) is 0 Å². The van der Waals surface area contributed by atoms with Crippen molar-refractivity contribution in [2.45, 2.75) is 12.8 Å². The molecule has 1 nitrogen and oxygen atoms in total. The molecule has 0 saturated heterocycles. The molecule has 0 bridgehead atoms. The van der Waals surface area contributed by atoms with E-state index in [-0.39, 0.29) is 0 Å². The Morgan fingerprint density at radius 3 is 3.00 bits per heavy atom. The molecule has 0 aliphatic heterocycles. The molecule has 1 aliphatic rings. The van der Waals surface area contributed by atoms with Crippen molar-refractivity contribution >= 4 is 33.2 Å². The third-order valence-electron chi connectivity index (χ3n) is 2.69. The molecule has 3 rings (SSSR count). The zero-order chi connectivity index (χ0) is 9.54.